The molecule has 43 heavy (non-hydrogen) atoms. The Morgan fingerprint density at radius 1 is 0.698 bits per heavy atom. The van der Waals surface area contributed by atoms with Gasteiger partial charge in [-0.1, -0.05) is 67.8 Å². The molecule has 0 unspecified atom stereocenters. The summed E-state index contributed by atoms with van der Waals surface area (Å²) in [5.74, 6) is 2.00. The maximum Gasteiger partial charge on any atom is 0.227 e. The van der Waals surface area contributed by atoms with Gasteiger partial charge in [0, 0.05) is 22.6 Å². The van der Waals surface area contributed by atoms with Crippen molar-refractivity contribution in [3.05, 3.63) is 132 Å². The van der Waals surface area contributed by atoms with Crippen LogP contribution in [0.2, 0.25) is 0 Å². The van der Waals surface area contributed by atoms with Gasteiger partial charge in [-0.2, -0.15) is 0 Å². The molecular formula is C38H35N3O2. The average molecular weight is 566 g/mol. The Bertz CT molecular complexity index is 1770. The van der Waals surface area contributed by atoms with Crippen molar-refractivity contribution in [3.63, 3.8) is 0 Å². The standard InChI is InChI=1S/C38H35N3O2/c39-34-10-4-6-12-36(34)42-26-27-14-20-31(21-15-27)41(32-22-16-29(17-23-32)28-8-2-1-3-9-28)33-24-18-30(19-25-33)38-40-35-11-5-7-13-37(35)43-38/h4-7,10-25,28H,1-3,8-9,26,39H2. The number of aromatic nitrogens is 1. The molecular weight excluding hydrogens is 530 g/mol. The minimum Gasteiger partial charge on any atom is -0.487 e. The molecule has 214 valence electrons. The van der Waals surface area contributed by atoms with Crippen molar-refractivity contribution in [1.82, 2.24) is 4.98 Å². The van der Waals surface area contributed by atoms with Crippen molar-refractivity contribution in [2.24, 2.45) is 0 Å². The normalized spacial score (nSPS) is 13.7. The molecule has 0 aliphatic heterocycles. The van der Waals surface area contributed by atoms with Gasteiger partial charge in [0.15, 0.2) is 5.58 Å². The summed E-state index contributed by atoms with van der Waals surface area (Å²) in [6.07, 6.45) is 6.61. The monoisotopic (exact) mass is 565 g/mol. The van der Waals surface area contributed by atoms with Gasteiger partial charge in [-0.25, -0.2) is 4.98 Å². The molecule has 0 amide bonds. The number of hydrogen-bond donors (Lipinski definition) is 1. The number of nitrogen functional groups attached to an aromatic ring is 1. The Labute approximate surface area is 252 Å². The van der Waals surface area contributed by atoms with Crippen LogP contribution in [0.3, 0.4) is 0 Å². The van der Waals surface area contributed by atoms with Crippen LogP contribution in [0.1, 0.15) is 49.1 Å². The van der Waals surface area contributed by atoms with E-state index in [4.69, 9.17) is 14.9 Å². The van der Waals surface area contributed by atoms with Crippen LogP contribution in [0, 0.1) is 0 Å². The van der Waals surface area contributed by atoms with E-state index in [1.165, 1.54) is 37.7 Å². The number of benzene rings is 5. The highest BCUT2D eigenvalue weighted by Crippen LogP contribution is 2.38. The number of anilines is 4. The zero-order valence-electron chi connectivity index (χ0n) is 24.2. The van der Waals surface area contributed by atoms with Gasteiger partial charge in [-0.3, -0.25) is 0 Å². The molecule has 5 aromatic carbocycles. The summed E-state index contributed by atoms with van der Waals surface area (Å²) < 4.78 is 12.0. The van der Waals surface area contributed by atoms with E-state index >= 15 is 0 Å². The predicted molar refractivity (Wildman–Crippen MR) is 175 cm³/mol. The minimum absolute atomic E-state index is 0.448. The second kappa shape index (κ2) is 12.1. The smallest absolute Gasteiger partial charge is 0.227 e. The average Bonchev–Trinajstić information content (AvgIpc) is 3.51. The minimum atomic E-state index is 0.448. The molecule has 1 aliphatic rings. The summed E-state index contributed by atoms with van der Waals surface area (Å²) >= 11 is 0. The number of nitrogens with two attached hydrogens (primary N) is 1. The Morgan fingerprint density at radius 2 is 1.33 bits per heavy atom. The predicted octanol–water partition coefficient (Wildman–Crippen LogP) is 10.2. The Morgan fingerprint density at radius 3 is 2.02 bits per heavy atom. The first-order valence-electron chi connectivity index (χ1n) is 15.1. The van der Waals surface area contributed by atoms with Gasteiger partial charge in [0.2, 0.25) is 5.89 Å². The lowest BCUT2D eigenvalue weighted by Gasteiger charge is -2.27. The summed E-state index contributed by atoms with van der Waals surface area (Å²) in [7, 11) is 0. The van der Waals surface area contributed by atoms with Gasteiger partial charge in [0.1, 0.15) is 17.9 Å². The van der Waals surface area contributed by atoms with Crippen LogP contribution >= 0.6 is 0 Å². The summed E-state index contributed by atoms with van der Waals surface area (Å²) in [4.78, 5) is 6.97. The summed E-state index contributed by atoms with van der Waals surface area (Å²) in [5.41, 5.74) is 15.1. The third-order valence-corrected chi connectivity index (χ3v) is 8.40. The maximum absolute atomic E-state index is 6.06. The van der Waals surface area contributed by atoms with Gasteiger partial charge in [-0.05, 0) is 103 Å². The number of nitrogens with zero attached hydrogens (tertiary/aromatic N) is 2. The molecule has 5 heteroatoms. The van der Waals surface area contributed by atoms with E-state index in [0.29, 0.717) is 29.9 Å². The van der Waals surface area contributed by atoms with Crippen molar-refractivity contribution in [1.29, 1.82) is 0 Å². The summed E-state index contributed by atoms with van der Waals surface area (Å²) in [5, 5.41) is 0. The van der Waals surface area contributed by atoms with Gasteiger partial charge >= 0.3 is 0 Å². The van der Waals surface area contributed by atoms with Gasteiger partial charge in [0.05, 0.1) is 5.69 Å². The van der Waals surface area contributed by atoms with Crippen molar-refractivity contribution in [2.75, 3.05) is 10.6 Å². The van der Waals surface area contributed by atoms with Crippen LogP contribution in [-0.2, 0) is 6.61 Å². The molecule has 1 saturated carbocycles. The molecule has 5 nitrogen and oxygen atoms in total. The molecule has 2 N–H and O–H groups in total. The van der Waals surface area contributed by atoms with Crippen molar-refractivity contribution in [3.8, 4) is 17.2 Å². The number of fused-ring (bicyclic) bond motifs is 1. The molecule has 1 fully saturated rings. The van der Waals surface area contributed by atoms with E-state index in [-0.39, 0.29) is 0 Å². The van der Waals surface area contributed by atoms with E-state index < -0.39 is 0 Å². The molecule has 0 atom stereocenters. The van der Waals surface area contributed by atoms with Crippen LogP contribution in [0.25, 0.3) is 22.6 Å². The van der Waals surface area contributed by atoms with Crippen LogP contribution < -0.4 is 15.4 Å². The fourth-order valence-corrected chi connectivity index (χ4v) is 6.04. The SMILES string of the molecule is Nc1ccccc1OCc1ccc(N(c2ccc(-c3nc4ccccc4o3)cc2)c2ccc(C3CCCCC3)cc2)cc1. The molecule has 1 aliphatic carbocycles. The van der Waals surface area contributed by atoms with E-state index in [0.717, 1.165) is 39.3 Å². The van der Waals surface area contributed by atoms with E-state index in [1.54, 1.807) is 0 Å². The molecule has 7 rings (SSSR count). The second-order valence-corrected chi connectivity index (χ2v) is 11.3. The number of hydrogen-bond acceptors (Lipinski definition) is 5. The molecule has 0 radical (unpaired) electrons. The highest BCUT2D eigenvalue weighted by molar-refractivity contribution is 5.79. The Hall–Kier alpha value is -5.03. The fourth-order valence-electron chi connectivity index (χ4n) is 6.04. The lowest BCUT2D eigenvalue weighted by atomic mass is 9.84. The molecule has 0 spiro atoms. The van der Waals surface area contributed by atoms with Crippen molar-refractivity contribution < 1.29 is 9.15 Å². The molecule has 1 aromatic heterocycles. The van der Waals surface area contributed by atoms with E-state index in [1.807, 2.05) is 48.5 Å². The zero-order valence-corrected chi connectivity index (χ0v) is 24.2. The van der Waals surface area contributed by atoms with Gasteiger partial charge in [0.25, 0.3) is 0 Å². The fraction of sp³-hybridized carbons (Fsp3) is 0.184. The number of ether oxygens (including phenoxy) is 1. The number of rotatable bonds is 8. The third kappa shape index (κ3) is 5.84. The number of oxazole rings is 1. The second-order valence-electron chi connectivity index (χ2n) is 11.3. The first-order valence-corrected chi connectivity index (χ1v) is 15.1. The zero-order chi connectivity index (χ0) is 29.0. The highest BCUT2D eigenvalue weighted by atomic mass is 16.5. The van der Waals surface area contributed by atoms with Gasteiger partial charge in [-0.15, -0.1) is 0 Å². The van der Waals surface area contributed by atoms with Crippen LogP contribution in [0.4, 0.5) is 22.7 Å². The Kier molecular flexibility index (Phi) is 7.53. The lowest BCUT2D eigenvalue weighted by Crippen LogP contribution is -2.11. The van der Waals surface area contributed by atoms with Crippen LogP contribution in [0.15, 0.2) is 126 Å². The number of para-hydroxylation sites is 4. The van der Waals surface area contributed by atoms with E-state index in [9.17, 15) is 0 Å². The van der Waals surface area contributed by atoms with Gasteiger partial charge < -0.3 is 19.8 Å². The summed E-state index contributed by atoms with van der Waals surface area (Å²) in [6, 6.07) is 41.6. The van der Waals surface area contributed by atoms with E-state index in [2.05, 4.69) is 82.7 Å². The van der Waals surface area contributed by atoms with Crippen LogP contribution in [-0.4, -0.2) is 4.98 Å². The highest BCUT2D eigenvalue weighted by Gasteiger charge is 2.18. The first-order chi connectivity index (χ1) is 21.2. The summed E-state index contributed by atoms with van der Waals surface area (Å²) in [6.45, 7) is 0.448. The molecule has 0 bridgehead atoms. The van der Waals surface area contributed by atoms with Crippen molar-refractivity contribution in [2.45, 2.75) is 44.6 Å². The first kappa shape index (κ1) is 26.8. The quantitative estimate of drug-likeness (QED) is 0.186. The molecule has 0 saturated heterocycles. The topological polar surface area (TPSA) is 64.5 Å². The molecule has 6 aromatic rings. The lowest BCUT2D eigenvalue weighted by molar-refractivity contribution is 0.308. The largest absolute Gasteiger partial charge is 0.487 e. The van der Waals surface area contributed by atoms with Crippen molar-refractivity contribution >= 4 is 33.8 Å². The third-order valence-electron chi connectivity index (χ3n) is 8.40. The molecule has 1 heterocycles. The Balaban J connectivity index is 1.18. The van der Waals surface area contributed by atoms with Crippen LogP contribution in [0.5, 0.6) is 5.75 Å². The maximum atomic E-state index is 6.06.